The van der Waals surface area contributed by atoms with Gasteiger partial charge >= 0.3 is 5.97 Å². The average molecular weight is 337 g/mol. The maximum absolute atomic E-state index is 12.6. The van der Waals surface area contributed by atoms with E-state index in [9.17, 15) is 14.7 Å². The second kappa shape index (κ2) is 4.94. The van der Waals surface area contributed by atoms with E-state index in [1.54, 1.807) is 6.20 Å². The van der Waals surface area contributed by atoms with E-state index in [-0.39, 0.29) is 5.91 Å². The number of nitrogens with one attached hydrogen (secondary N) is 1. The molecule has 3 rings (SSSR count). The van der Waals surface area contributed by atoms with Gasteiger partial charge in [-0.15, -0.1) is 0 Å². The highest BCUT2D eigenvalue weighted by molar-refractivity contribution is 9.10. The van der Waals surface area contributed by atoms with Crippen molar-refractivity contribution < 1.29 is 14.7 Å². The van der Waals surface area contributed by atoms with E-state index in [1.165, 1.54) is 4.90 Å². The van der Waals surface area contributed by atoms with E-state index >= 15 is 0 Å². The van der Waals surface area contributed by atoms with Crippen LogP contribution in [0.15, 0.2) is 28.9 Å². The molecule has 0 bridgehead atoms. The van der Waals surface area contributed by atoms with Gasteiger partial charge in [0.15, 0.2) is 0 Å². The number of likely N-dealkylation sites (tertiary alicyclic amines) is 1. The number of rotatable bonds is 2. The quantitative estimate of drug-likeness (QED) is 0.885. The second-order valence-corrected chi connectivity index (χ2v) is 5.71. The lowest BCUT2D eigenvalue weighted by Crippen LogP contribution is -2.40. The summed E-state index contributed by atoms with van der Waals surface area (Å²) in [6, 6.07) is 4.92. The summed E-state index contributed by atoms with van der Waals surface area (Å²) in [5.74, 6) is -1.16. The number of H-pyrrole nitrogens is 1. The Kier molecular flexibility index (Phi) is 3.25. The van der Waals surface area contributed by atoms with E-state index in [1.807, 2.05) is 18.2 Å². The lowest BCUT2D eigenvalue weighted by atomic mass is 10.1. The van der Waals surface area contributed by atoms with E-state index in [0.717, 1.165) is 21.8 Å². The molecular weight excluding hydrogens is 324 g/mol. The molecule has 0 radical (unpaired) electrons. The van der Waals surface area contributed by atoms with Crippen molar-refractivity contribution in [1.82, 2.24) is 9.88 Å². The largest absolute Gasteiger partial charge is 0.480 e. The van der Waals surface area contributed by atoms with E-state index in [4.69, 9.17) is 0 Å². The molecule has 2 N–H and O–H groups in total. The normalized spacial score (nSPS) is 18.6. The molecule has 104 valence electrons. The zero-order valence-corrected chi connectivity index (χ0v) is 12.2. The number of carbonyl (C=O) groups is 2. The van der Waals surface area contributed by atoms with Gasteiger partial charge in [0.2, 0.25) is 0 Å². The summed E-state index contributed by atoms with van der Waals surface area (Å²) in [6.07, 6.45) is 2.89. The molecule has 1 aromatic heterocycles. The number of fused-ring (bicyclic) bond motifs is 1. The maximum atomic E-state index is 12.6. The predicted molar refractivity (Wildman–Crippen MR) is 77.7 cm³/mol. The molecule has 2 aromatic rings. The van der Waals surface area contributed by atoms with Crippen LogP contribution in [0.3, 0.4) is 0 Å². The molecule has 5 nitrogen and oxygen atoms in total. The fraction of sp³-hybridized carbons (Fsp3) is 0.286. The summed E-state index contributed by atoms with van der Waals surface area (Å²) in [5, 5.41) is 9.99. The molecule has 1 saturated heterocycles. The minimum Gasteiger partial charge on any atom is -0.480 e. The number of hydrogen-bond donors (Lipinski definition) is 2. The highest BCUT2D eigenvalue weighted by Crippen LogP contribution is 2.29. The Morgan fingerprint density at radius 2 is 2.20 bits per heavy atom. The highest BCUT2D eigenvalue weighted by Gasteiger charge is 2.35. The minimum atomic E-state index is -0.935. The SMILES string of the molecule is O=C(O)[C@@H]1CCCN1C(=O)c1c[nH]c2cccc(Br)c12. The molecule has 1 amide bonds. The Labute approximate surface area is 123 Å². The molecule has 1 aliphatic rings. The van der Waals surface area contributed by atoms with Crippen LogP contribution in [0.4, 0.5) is 0 Å². The van der Waals surface area contributed by atoms with Crippen molar-refractivity contribution in [3.05, 3.63) is 34.4 Å². The zero-order chi connectivity index (χ0) is 14.3. The van der Waals surface area contributed by atoms with Crippen molar-refractivity contribution in [3.8, 4) is 0 Å². The molecule has 1 aromatic carbocycles. The molecule has 0 unspecified atom stereocenters. The van der Waals surface area contributed by atoms with Crippen LogP contribution in [0.5, 0.6) is 0 Å². The third kappa shape index (κ3) is 2.00. The van der Waals surface area contributed by atoms with Gasteiger partial charge in [0, 0.05) is 28.1 Å². The molecule has 0 spiro atoms. The van der Waals surface area contributed by atoms with E-state index in [2.05, 4.69) is 20.9 Å². The molecule has 0 aliphatic carbocycles. The first-order valence-electron chi connectivity index (χ1n) is 6.39. The van der Waals surface area contributed by atoms with Crippen LogP contribution in [-0.4, -0.2) is 39.5 Å². The number of amides is 1. The Morgan fingerprint density at radius 3 is 2.95 bits per heavy atom. The van der Waals surface area contributed by atoms with Gasteiger partial charge in [0.25, 0.3) is 5.91 Å². The number of carboxylic acid groups (broad SMARTS) is 1. The fourth-order valence-electron chi connectivity index (χ4n) is 2.73. The molecule has 1 aliphatic heterocycles. The van der Waals surface area contributed by atoms with Crippen molar-refractivity contribution in [2.24, 2.45) is 0 Å². The van der Waals surface area contributed by atoms with Crippen molar-refractivity contribution in [3.63, 3.8) is 0 Å². The van der Waals surface area contributed by atoms with Gasteiger partial charge in [0.05, 0.1) is 5.56 Å². The number of carboxylic acids is 1. The Balaban J connectivity index is 2.03. The molecule has 20 heavy (non-hydrogen) atoms. The number of carbonyl (C=O) groups excluding carboxylic acids is 1. The molecule has 1 fully saturated rings. The number of nitrogens with zero attached hydrogens (tertiary/aromatic N) is 1. The molecule has 6 heteroatoms. The highest BCUT2D eigenvalue weighted by atomic mass is 79.9. The lowest BCUT2D eigenvalue weighted by molar-refractivity contribution is -0.141. The van der Waals surface area contributed by atoms with Gasteiger partial charge in [-0.05, 0) is 25.0 Å². The smallest absolute Gasteiger partial charge is 0.326 e. The summed E-state index contributed by atoms with van der Waals surface area (Å²) < 4.78 is 0.825. The van der Waals surface area contributed by atoms with Crippen LogP contribution in [0.2, 0.25) is 0 Å². The predicted octanol–water partition coefficient (Wildman–Crippen LogP) is 2.62. The van der Waals surface area contributed by atoms with Crippen molar-refractivity contribution in [2.75, 3.05) is 6.54 Å². The Bertz CT molecular complexity index is 695. The van der Waals surface area contributed by atoms with Gasteiger partial charge in [-0.25, -0.2) is 4.79 Å². The topological polar surface area (TPSA) is 73.4 Å². The molecule has 1 atom stereocenters. The Morgan fingerprint density at radius 1 is 1.40 bits per heavy atom. The third-order valence-electron chi connectivity index (χ3n) is 3.68. The van der Waals surface area contributed by atoms with E-state index < -0.39 is 12.0 Å². The van der Waals surface area contributed by atoms with Gasteiger partial charge in [-0.2, -0.15) is 0 Å². The van der Waals surface area contributed by atoms with Crippen LogP contribution in [0.1, 0.15) is 23.2 Å². The maximum Gasteiger partial charge on any atom is 0.326 e. The third-order valence-corrected chi connectivity index (χ3v) is 4.34. The number of aromatic nitrogens is 1. The lowest BCUT2D eigenvalue weighted by Gasteiger charge is -2.21. The van der Waals surface area contributed by atoms with Gasteiger partial charge in [0.1, 0.15) is 6.04 Å². The zero-order valence-electron chi connectivity index (χ0n) is 10.6. The molecule has 2 heterocycles. The van der Waals surface area contributed by atoms with Gasteiger partial charge in [-0.1, -0.05) is 22.0 Å². The van der Waals surface area contributed by atoms with Crippen LogP contribution in [0.25, 0.3) is 10.9 Å². The van der Waals surface area contributed by atoms with E-state index in [0.29, 0.717) is 18.5 Å². The van der Waals surface area contributed by atoms with Crippen molar-refractivity contribution in [2.45, 2.75) is 18.9 Å². The van der Waals surface area contributed by atoms with Crippen molar-refractivity contribution in [1.29, 1.82) is 0 Å². The van der Waals surface area contributed by atoms with Crippen LogP contribution in [-0.2, 0) is 4.79 Å². The number of aliphatic carboxylic acids is 1. The second-order valence-electron chi connectivity index (χ2n) is 4.86. The first-order chi connectivity index (χ1) is 9.59. The summed E-state index contributed by atoms with van der Waals surface area (Å²) in [4.78, 5) is 28.3. The van der Waals surface area contributed by atoms with Crippen LogP contribution >= 0.6 is 15.9 Å². The fourth-order valence-corrected chi connectivity index (χ4v) is 3.31. The molecule has 0 saturated carbocycles. The van der Waals surface area contributed by atoms with Crippen LogP contribution in [0, 0.1) is 0 Å². The van der Waals surface area contributed by atoms with Gasteiger partial charge in [-0.3, -0.25) is 4.79 Å². The monoisotopic (exact) mass is 336 g/mol. The van der Waals surface area contributed by atoms with Crippen molar-refractivity contribution >= 4 is 38.7 Å². The number of benzene rings is 1. The average Bonchev–Trinajstić information content (AvgIpc) is 3.05. The first-order valence-corrected chi connectivity index (χ1v) is 7.18. The molecular formula is C14H13BrN2O3. The number of hydrogen-bond acceptors (Lipinski definition) is 2. The van der Waals surface area contributed by atoms with Crippen LogP contribution < -0.4 is 0 Å². The summed E-state index contributed by atoms with van der Waals surface area (Å²) in [6.45, 7) is 0.493. The summed E-state index contributed by atoms with van der Waals surface area (Å²) in [7, 11) is 0. The number of aromatic amines is 1. The van der Waals surface area contributed by atoms with Gasteiger partial charge < -0.3 is 15.0 Å². The summed E-state index contributed by atoms with van der Waals surface area (Å²) >= 11 is 3.44. The Hall–Kier alpha value is -1.82. The first kappa shape index (κ1) is 13.2. The minimum absolute atomic E-state index is 0.229. The number of halogens is 1. The summed E-state index contributed by atoms with van der Waals surface area (Å²) in [5.41, 5.74) is 1.37. The standard InChI is InChI=1S/C14H13BrN2O3/c15-9-3-1-4-10-12(9)8(7-16-10)13(18)17-6-2-5-11(17)14(19)20/h1,3-4,7,11,16H,2,5-6H2,(H,19,20)/t11-/m0/s1.